The minimum atomic E-state index is -3.75. The van der Waals surface area contributed by atoms with E-state index < -0.39 is 21.6 Å². The lowest BCUT2D eigenvalue weighted by Crippen LogP contribution is -2.36. The first-order valence-corrected chi connectivity index (χ1v) is 11.2. The Morgan fingerprint density at radius 3 is 2.42 bits per heavy atom. The number of hydrogen-bond acceptors (Lipinski definition) is 5. The van der Waals surface area contributed by atoms with E-state index in [1.54, 1.807) is 66.7 Å². The maximum absolute atomic E-state index is 14.3. The van der Waals surface area contributed by atoms with E-state index in [9.17, 15) is 17.6 Å². The van der Waals surface area contributed by atoms with Gasteiger partial charge < -0.3 is 4.74 Å². The molecule has 1 aliphatic rings. The summed E-state index contributed by atoms with van der Waals surface area (Å²) < 4.78 is 45.7. The lowest BCUT2D eigenvalue weighted by molar-refractivity contribution is -0.118. The van der Waals surface area contributed by atoms with Crippen molar-refractivity contribution in [2.45, 2.75) is 6.54 Å². The third-order valence-electron chi connectivity index (χ3n) is 4.80. The van der Waals surface area contributed by atoms with Crippen LogP contribution < -0.4 is 4.90 Å². The van der Waals surface area contributed by atoms with Gasteiger partial charge in [-0.3, -0.25) is 9.69 Å². The molecule has 6 nitrogen and oxygen atoms in total. The van der Waals surface area contributed by atoms with Crippen LogP contribution in [0.1, 0.15) is 11.1 Å². The fourth-order valence-electron chi connectivity index (χ4n) is 3.31. The number of anilines is 1. The van der Waals surface area contributed by atoms with Crippen molar-refractivity contribution in [2.24, 2.45) is 0 Å². The zero-order chi connectivity index (χ0) is 21.8. The molecule has 2 aromatic carbocycles. The maximum atomic E-state index is 14.3. The summed E-state index contributed by atoms with van der Waals surface area (Å²) in [6.45, 7) is -0.285. The summed E-state index contributed by atoms with van der Waals surface area (Å²) in [5, 5.41) is 0. The predicted molar refractivity (Wildman–Crippen MR) is 115 cm³/mol. The van der Waals surface area contributed by atoms with Gasteiger partial charge in [-0.15, -0.1) is 0 Å². The molecular weight excluding hydrogens is 419 g/mol. The van der Waals surface area contributed by atoms with Gasteiger partial charge in [-0.2, -0.15) is 0 Å². The molecule has 0 atom stereocenters. The van der Waals surface area contributed by atoms with Crippen LogP contribution in [0, 0.1) is 5.82 Å². The molecule has 0 saturated heterocycles. The molecule has 1 aromatic heterocycles. The summed E-state index contributed by atoms with van der Waals surface area (Å²) in [6, 6.07) is 19.4. The van der Waals surface area contributed by atoms with Gasteiger partial charge in [-0.1, -0.05) is 54.6 Å². The lowest BCUT2D eigenvalue weighted by atomic mass is 10.1. The molecule has 0 saturated carbocycles. The van der Waals surface area contributed by atoms with Crippen LogP contribution in [0.15, 0.2) is 84.8 Å². The predicted octanol–water partition coefficient (Wildman–Crippen LogP) is 3.57. The number of amides is 1. The highest BCUT2D eigenvalue weighted by Crippen LogP contribution is 2.32. The molecule has 158 valence electrons. The minimum absolute atomic E-state index is 0.141. The van der Waals surface area contributed by atoms with Crippen molar-refractivity contribution in [3.8, 4) is 0 Å². The summed E-state index contributed by atoms with van der Waals surface area (Å²) in [5.41, 5.74) is 0.624. The quantitative estimate of drug-likeness (QED) is 0.609. The number of sulfone groups is 1. The number of rotatable bonds is 5. The van der Waals surface area contributed by atoms with Gasteiger partial charge in [0.25, 0.3) is 5.91 Å². The highest BCUT2D eigenvalue weighted by Gasteiger charge is 2.36. The Labute approximate surface area is 179 Å². The zero-order valence-corrected chi connectivity index (χ0v) is 17.3. The van der Waals surface area contributed by atoms with Gasteiger partial charge in [0, 0.05) is 11.8 Å². The normalized spacial score (nSPS) is 15.3. The Bertz CT molecular complexity index is 1230. The lowest BCUT2D eigenvalue weighted by Gasteiger charge is -2.27. The molecule has 0 fully saturated rings. The Morgan fingerprint density at radius 1 is 1.00 bits per heavy atom. The summed E-state index contributed by atoms with van der Waals surface area (Å²) in [5.74, 6) is -1.46. The molecule has 0 bridgehead atoms. The molecule has 0 unspecified atom stereocenters. The maximum Gasteiger partial charge on any atom is 0.296 e. The number of pyridine rings is 1. The van der Waals surface area contributed by atoms with E-state index in [2.05, 4.69) is 4.98 Å². The van der Waals surface area contributed by atoms with E-state index in [1.807, 2.05) is 0 Å². The van der Waals surface area contributed by atoms with E-state index in [0.717, 1.165) is 0 Å². The van der Waals surface area contributed by atoms with E-state index in [0.29, 0.717) is 5.56 Å². The topological polar surface area (TPSA) is 76.6 Å². The highest BCUT2D eigenvalue weighted by molar-refractivity contribution is 8.00. The number of carbonyl (C=O) groups excluding carboxylic acids is 1. The second-order valence-electron chi connectivity index (χ2n) is 6.86. The smallest absolute Gasteiger partial charge is 0.296 e. The largest absolute Gasteiger partial charge is 0.486 e. The van der Waals surface area contributed by atoms with Crippen LogP contribution >= 0.6 is 0 Å². The monoisotopic (exact) mass is 438 g/mol. The second kappa shape index (κ2) is 8.69. The van der Waals surface area contributed by atoms with E-state index in [-0.39, 0.29) is 41.0 Å². The number of ether oxygens (including phenoxy) is 1. The Hall–Kier alpha value is -3.52. The summed E-state index contributed by atoms with van der Waals surface area (Å²) in [4.78, 5) is 18.9. The standard InChI is InChI=1S/C23H19FN2O4S/c24-19-11-5-4-10-18(19)16-26(20-12-6-7-13-25-20)23(27)21-22(17-8-2-1-3-9-17)31(28,29)15-14-30-21/h1-13H,14-16H2. The number of aromatic nitrogens is 1. The molecule has 8 heteroatoms. The average molecular weight is 438 g/mol. The molecule has 0 spiro atoms. The summed E-state index contributed by atoms with van der Waals surface area (Å²) in [7, 11) is -3.75. The van der Waals surface area contributed by atoms with Gasteiger partial charge in [0.2, 0.25) is 5.76 Å². The van der Waals surface area contributed by atoms with Crippen molar-refractivity contribution in [1.29, 1.82) is 0 Å². The number of hydrogen-bond donors (Lipinski definition) is 0. The molecule has 4 rings (SSSR count). The fraction of sp³-hybridized carbons (Fsp3) is 0.130. The van der Waals surface area contributed by atoms with Crippen molar-refractivity contribution in [3.63, 3.8) is 0 Å². The van der Waals surface area contributed by atoms with E-state index in [4.69, 9.17) is 4.74 Å². The van der Waals surface area contributed by atoms with Crippen LogP contribution in [0.25, 0.3) is 4.91 Å². The van der Waals surface area contributed by atoms with Crippen molar-refractivity contribution in [3.05, 3.63) is 102 Å². The Balaban J connectivity index is 1.85. The molecule has 0 radical (unpaired) electrons. The van der Waals surface area contributed by atoms with Gasteiger partial charge in [0.05, 0.1) is 12.3 Å². The number of carbonyl (C=O) groups is 1. The van der Waals surface area contributed by atoms with Crippen molar-refractivity contribution in [1.82, 2.24) is 4.98 Å². The summed E-state index contributed by atoms with van der Waals surface area (Å²) in [6.07, 6.45) is 1.50. The zero-order valence-electron chi connectivity index (χ0n) is 16.4. The van der Waals surface area contributed by atoms with Gasteiger partial charge >= 0.3 is 0 Å². The van der Waals surface area contributed by atoms with Gasteiger partial charge in [0.1, 0.15) is 23.1 Å². The van der Waals surface area contributed by atoms with Crippen molar-refractivity contribution in [2.75, 3.05) is 17.3 Å². The van der Waals surface area contributed by atoms with Gasteiger partial charge in [0.15, 0.2) is 9.84 Å². The van der Waals surface area contributed by atoms with Crippen LogP contribution in [0.5, 0.6) is 0 Å². The molecular formula is C23H19FN2O4S. The SMILES string of the molecule is O=C(C1=C(c2ccccc2)S(=O)(=O)CCO1)N(Cc1ccccc1F)c1ccccn1. The van der Waals surface area contributed by atoms with Crippen molar-refractivity contribution < 1.29 is 22.3 Å². The van der Waals surface area contributed by atoms with Gasteiger partial charge in [-0.25, -0.2) is 17.8 Å². The minimum Gasteiger partial charge on any atom is -0.486 e. The highest BCUT2D eigenvalue weighted by atomic mass is 32.2. The molecule has 3 aromatic rings. The average Bonchev–Trinajstić information content (AvgIpc) is 2.78. The molecule has 31 heavy (non-hydrogen) atoms. The molecule has 1 amide bonds. The Kier molecular flexibility index (Phi) is 5.81. The molecule has 0 aliphatic carbocycles. The number of nitrogens with zero attached hydrogens (tertiary/aromatic N) is 2. The van der Waals surface area contributed by atoms with Crippen LogP contribution in [-0.2, 0) is 25.9 Å². The second-order valence-corrected chi connectivity index (χ2v) is 8.91. The van der Waals surface area contributed by atoms with Crippen LogP contribution in [0.3, 0.4) is 0 Å². The third-order valence-corrected chi connectivity index (χ3v) is 6.55. The summed E-state index contributed by atoms with van der Waals surface area (Å²) >= 11 is 0. The molecule has 2 heterocycles. The van der Waals surface area contributed by atoms with Crippen LogP contribution in [0.4, 0.5) is 10.2 Å². The fourth-order valence-corrected chi connectivity index (χ4v) is 4.74. The first-order valence-electron chi connectivity index (χ1n) is 9.59. The van der Waals surface area contributed by atoms with Crippen LogP contribution in [-0.4, -0.2) is 31.7 Å². The Morgan fingerprint density at radius 2 is 1.71 bits per heavy atom. The van der Waals surface area contributed by atoms with Gasteiger partial charge in [-0.05, 0) is 23.8 Å². The first kappa shape index (κ1) is 20.7. The van der Waals surface area contributed by atoms with E-state index in [1.165, 1.54) is 17.2 Å². The van der Waals surface area contributed by atoms with Crippen LogP contribution in [0.2, 0.25) is 0 Å². The number of halogens is 1. The van der Waals surface area contributed by atoms with Crippen molar-refractivity contribution >= 4 is 26.5 Å². The third kappa shape index (κ3) is 4.34. The first-order chi connectivity index (χ1) is 15.0. The van der Waals surface area contributed by atoms with E-state index >= 15 is 0 Å². The molecule has 1 aliphatic heterocycles. The molecule has 0 N–H and O–H groups in total. The number of benzene rings is 2.